The van der Waals surface area contributed by atoms with Gasteiger partial charge in [0.2, 0.25) is 12.7 Å². The Morgan fingerprint density at radius 1 is 1.15 bits per heavy atom. The van der Waals surface area contributed by atoms with Crippen molar-refractivity contribution in [2.75, 3.05) is 13.3 Å². The lowest BCUT2D eigenvalue weighted by Gasteiger charge is -2.20. The molecule has 3 heterocycles. The van der Waals surface area contributed by atoms with E-state index in [-0.39, 0.29) is 19.1 Å². The van der Waals surface area contributed by atoms with Gasteiger partial charge in [-0.25, -0.2) is 0 Å². The molecule has 2 aromatic rings. The SMILES string of the molecule is O=C(O)CCc1cc2n(n1)CCCN(C(=O)Cc1ccc3c(c1)OCO3)C2. The molecule has 8 nitrogen and oxygen atoms in total. The van der Waals surface area contributed by atoms with E-state index in [2.05, 4.69) is 5.10 Å². The van der Waals surface area contributed by atoms with Crippen LogP contribution in [0, 0.1) is 0 Å². The van der Waals surface area contributed by atoms with Gasteiger partial charge in [-0.15, -0.1) is 0 Å². The number of carboxylic acid groups (broad SMARTS) is 1. The normalized spacial score (nSPS) is 15.3. The van der Waals surface area contributed by atoms with Crippen molar-refractivity contribution in [1.82, 2.24) is 14.7 Å². The molecule has 0 bridgehead atoms. The maximum atomic E-state index is 12.8. The predicted molar refractivity (Wildman–Crippen MR) is 94.5 cm³/mol. The topological polar surface area (TPSA) is 93.9 Å². The standard InChI is InChI=1S/C19H21N3O5/c23-18(9-13-2-4-16-17(8-13)27-12-26-16)21-6-1-7-22-15(11-21)10-14(20-22)3-5-19(24)25/h2,4,8,10H,1,3,5-7,9,11-12H2,(H,24,25). The molecule has 0 aliphatic carbocycles. The van der Waals surface area contributed by atoms with Gasteiger partial charge in [-0.05, 0) is 30.2 Å². The quantitative estimate of drug-likeness (QED) is 0.858. The van der Waals surface area contributed by atoms with E-state index < -0.39 is 5.97 Å². The van der Waals surface area contributed by atoms with Crippen molar-refractivity contribution in [3.63, 3.8) is 0 Å². The van der Waals surface area contributed by atoms with Gasteiger partial charge < -0.3 is 19.5 Å². The molecule has 1 amide bonds. The molecule has 142 valence electrons. The number of aromatic nitrogens is 2. The zero-order chi connectivity index (χ0) is 18.8. The van der Waals surface area contributed by atoms with Crippen molar-refractivity contribution in [2.24, 2.45) is 0 Å². The molecule has 8 heteroatoms. The summed E-state index contributed by atoms with van der Waals surface area (Å²) in [5.74, 6) is 0.602. The van der Waals surface area contributed by atoms with Crippen LogP contribution in [0.4, 0.5) is 0 Å². The first-order chi connectivity index (χ1) is 13.1. The lowest BCUT2D eigenvalue weighted by molar-refractivity contribution is -0.137. The van der Waals surface area contributed by atoms with E-state index in [0.717, 1.165) is 29.9 Å². The smallest absolute Gasteiger partial charge is 0.303 e. The summed E-state index contributed by atoms with van der Waals surface area (Å²) < 4.78 is 12.6. The molecule has 4 rings (SSSR count). The highest BCUT2D eigenvalue weighted by Gasteiger charge is 2.22. The molecule has 1 aromatic carbocycles. The Morgan fingerprint density at radius 3 is 2.85 bits per heavy atom. The summed E-state index contributed by atoms with van der Waals surface area (Å²) in [5.41, 5.74) is 2.61. The molecular formula is C19H21N3O5. The Hall–Kier alpha value is -3.03. The van der Waals surface area contributed by atoms with E-state index in [1.807, 2.05) is 33.8 Å². The fourth-order valence-electron chi connectivity index (χ4n) is 3.43. The number of amides is 1. The molecule has 0 spiro atoms. The zero-order valence-electron chi connectivity index (χ0n) is 14.9. The summed E-state index contributed by atoms with van der Waals surface area (Å²) in [6.45, 7) is 2.12. The van der Waals surface area contributed by atoms with Crippen LogP contribution in [0.2, 0.25) is 0 Å². The number of carboxylic acids is 1. The number of hydrogen-bond acceptors (Lipinski definition) is 5. The third-order valence-electron chi connectivity index (χ3n) is 4.80. The highest BCUT2D eigenvalue weighted by Crippen LogP contribution is 2.32. The predicted octanol–water partition coefficient (Wildman–Crippen LogP) is 1.60. The number of hydrogen-bond donors (Lipinski definition) is 1. The number of nitrogens with zero attached hydrogens (tertiary/aromatic N) is 3. The lowest BCUT2D eigenvalue weighted by atomic mass is 10.1. The van der Waals surface area contributed by atoms with Gasteiger partial charge in [-0.3, -0.25) is 14.3 Å². The molecule has 1 aromatic heterocycles. The summed E-state index contributed by atoms with van der Waals surface area (Å²) in [6.07, 6.45) is 1.58. The van der Waals surface area contributed by atoms with Crippen LogP contribution in [0.25, 0.3) is 0 Å². The minimum absolute atomic E-state index is 0.0515. The summed E-state index contributed by atoms with van der Waals surface area (Å²) in [7, 11) is 0. The number of benzene rings is 1. The number of ether oxygens (including phenoxy) is 2. The average molecular weight is 371 g/mol. The third-order valence-corrected chi connectivity index (χ3v) is 4.80. The Labute approximate surface area is 156 Å². The van der Waals surface area contributed by atoms with E-state index in [1.165, 1.54) is 0 Å². The zero-order valence-corrected chi connectivity index (χ0v) is 14.9. The maximum absolute atomic E-state index is 12.8. The second-order valence-electron chi connectivity index (χ2n) is 6.78. The maximum Gasteiger partial charge on any atom is 0.303 e. The van der Waals surface area contributed by atoms with Gasteiger partial charge in [0.25, 0.3) is 0 Å². The highest BCUT2D eigenvalue weighted by molar-refractivity contribution is 5.79. The number of carbonyl (C=O) groups excluding carboxylic acids is 1. The molecule has 2 aliphatic rings. The van der Waals surface area contributed by atoms with Crippen molar-refractivity contribution >= 4 is 11.9 Å². The van der Waals surface area contributed by atoms with Gasteiger partial charge in [0.15, 0.2) is 11.5 Å². The van der Waals surface area contributed by atoms with Crippen LogP contribution < -0.4 is 9.47 Å². The van der Waals surface area contributed by atoms with Crippen LogP contribution >= 0.6 is 0 Å². The van der Waals surface area contributed by atoms with Crippen molar-refractivity contribution < 1.29 is 24.2 Å². The highest BCUT2D eigenvalue weighted by atomic mass is 16.7. The summed E-state index contributed by atoms with van der Waals surface area (Å²) in [4.78, 5) is 25.4. The van der Waals surface area contributed by atoms with Gasteiger partial charge in [0, 0.05) is 19.5 Å². The van der Waals surface area contributed by atoms with Crippen LogP contribution in [0.1, 0.15) is 29.8 Å². The molecule has 27 heavy (non-hydrogen) atoms. The minimum atomic E-state index is -0.835. The Kier molecular flexibility index (Phi) is 4.70. The summed E-state index contributed by atoms with van der Waals surface area (Å²) in [5, 5.41) is 13.3. The summed E-state index contributed by atoms with van der Waals surface area (Å²) >= 11 is 0. The summed E-state index contributed by atoms with van der Waals surface area (Å²) in [6, 6.07) is 7.48. The fraction of sp³-hybridized carbons (Fsp3) is 0.421. The van der Waals surface area contributed by atoms with Crippen molar-refractivity contribution in [2.45, 2.75) is 38.8 Å². The largest absolute Gasteiger partial charge is 0.481 e. The van der Waals surface area contributed by atoms with Crippen LogP contribution in [-0.4, -0.2) is 45.0 Å². The van der Waals surface area contributed by atoms with E-state index in [1.54, 1.807) is 0 Å². The Morgan fingerprint density at radius 2 is 2.00 bits per heavy atom. The van der Waals surface area contributed by atoms with Gasteiger partial charge in [0.05, 0.1) is 30.8 Å². The average Bonchev–Trinajstić information content (AvgIpc) is 3.21. The third kappa shape index (κ3) is 3.89. The van der Waals surface area contributed by atoms with Gasteiger partial charge >= 0.3 is 5.97 Å². The van der Waals surface area contributed by atoms with E-state index in [9.17, 15) is 9.59 Å². The number of aliphatic carboxylic acids is 1. The molecule has 0 saturated carbocycles. The number of aryl methyl sites for hydroxylation is 2. The minimum Gasteiger partial charge on any atom is -0.481 e. The van der Waals surface area contributed by atoms with Crippen LogP contribution in [0.3, 0.4) is 0 Å². The number of fused-ring (bicyclic) bond motifs is 2. The molecule has 0 atom stereocenters. The van der Waals surface area contributed by atoms with Crippen molar-refractivity contribution in [3.05, 3.63) is 41.2 Å². The first-order valence-electron chi connectivity index (χ1n) is 9.02. The van der Waals surface area contributed by atoms with Crippen molar-refractivity contribution in [3.8, 4) is 11.5 Å². The fourth-order valence-corrected chi connectivity index (χ4v) is 3.43. The monoisotopic (exact) mass is 371 g/mol. The van der Waals surface area contributed by atoms with Crippen LogP contribution in [-0.2, 0) is 35.5 Å². The molecule has 1 N–H and O–H groups in total. The van der Waals surface area contributed by atoms with E-state index in [4.69, 9.17) is 14.6 Å². The van der Waals surface area contributed by atoms with E-state index >= 15 is 0 Å². The second kappa shape index (κ2) is 7.30. The Bertz CT molecular complexity index is 876. The van der Waals surface area contributed by atoms with Crippen LogP contribution in [0.5, 0.6) is 11.5 Å². The number of carbonyl (C=O) groups is 2. The first kappa shape index (κ1) is 17.4. The first-order valence-corrected chi connectivity index (χ1v) is 9.02. The van der Waals surface area contributed by atoms with Crippen LogP contribution in [0.15, 0.2) is 24.3 Å². The molecule has 2 aliphatic heterocycles. The second-order valence-corrected chi connectivity index (χ2v) is 6.78. The molecule has 0 fully saturated rings. The van der Waals surface area contributed by atoms with Gasteiger partial charge in [0.1, 0.15) is 0 Å². The Balaban J connectivity index is 1.43. The molecule has 0 saturated heterocycles. The van der Waals surface area contributed by atoms with E-state index in [0.29, 0.717) is 37.4 Å². The molecule has 0 unspecified atom stereocenters. The lowest BCUT2D eigenvalue weighted by Crippen LogP contribution is -2.32. The van der Waals surface area contributed by atoms with Gasteiger partial charge in [-0.2, -0.15) is 5.10 Å². The molecule has 0 radical (unpaired) electrons. The number of rotatable bonds is 5. The molecular weight excluding hydrogens is 350 g/mol. The van der Waals surface area contributed by atoms with Crippen molar-refractivity contribution in [1.29, 1.82) is 0 Å². The van der Waals surface area contributed by atoms with Gasteiger partial charge in [-0.1, -0.05) is 6.07 Å².